The summed E-state index contributed by atoms with van der Waals surface area (Å²) in [7, 11) is 1.86. The Kier molecular flexibility index (Phi) is 7.01. The molecule has 2 aromatic heterocycles. The number of hydrogen-bond acceptors (Lipinski definition) is 5. The minimum absolute atomic E-state index is 0. The number of hydrogen-bond donors (Lipinski definition) is 2. The predicted molar refractivity (Wildman–Crippen MR) is 96.6 cm³/mol. The molecule has 3 rings (SSSR count). The fourth-order valence-corrected chi connectivity index (χ4v) is 3.31. The van der Waals surface area contributed by atoms with Gasteiger partial charge >= 0.3 is 0 Å². The number of carbonyl (C=O) groups excluding carboxylic acids is 1. The highest BCUT2D eigenvalue weighted by molar-refractivity contribution is 7.17. The predicted octanol–water partition coefficient (Wildman–Crippen LogP) is 2.16. The van der Waals surface area contributed by atoms with Gasteiger partial charge in [-0.05, 0) is 25.7 Å². The van der Waals surface area contributed by atoms with E-state index >= 15 is 0 Å². The molecule has 2 aromatic rings. The van der Waals surface area contributed by atoms with Crippen LogP contribution in [0.1, 0.15) is 28.2 Å². The molecule has 9 heteroatoms. The molecule has 23 heavy (non-hydrogen) atoms. The van der Waals surface area contributed by atoms with Crippen molar-refractivity contribution in [2.45, 2.75) is 25.8 Å². The smallest absolute Gasteiger partial charge is 0.263 e. The summed E-state index contributed by atoms with van der Waals surface area (Å²) in [6.07, 6.45) is 5.97. The number of halogens is 2. The summed E-state index contributed by atoms with van der Waals surface area (Å²) >= 11 is 1.40. The largest absolute Gasteiger partial charge is 0.347 e. The first-order chi connectivity index (χ1) is 10.1. The van der Waals surface area contributed by atoms with E-state index in [0.717, 1.165) is 29.1 Å². The summed E-state index contributed by atoms with van der Waals surface area (Å²) in [5, 5.41) is 8.00. The summed E-state index contributed by atoms with van der Waals surface area (Å²) in [5.41, 5.74) is 7.42. The minimum atomic E-state index is -0.0671. The quantitative estimate of drug-likeness (QED) is 0.835. The standard InChI is InChI=1S/C14H19N5OS.2ClH/c1-8-12(13(20)18-11(5-15)9-3-4-9)21-14(17-8)10-6-16-19(2)7-10;;/h6-7,9,11H,3-5,15H2,1-2H3,(H,18,20);2*1H. The normalized spacial score (nSPS) is 14.6. The van der Waals surface area contributed by atoms with Crippen molar-refractivity contribution in [2.24, 2.45) is 18.7 Å². The highest BCUT2D eigenvalue weighted by Crippen LogP contribution is 2.33. The van der Waals surface area contributed by atoms with Crippen molar-refractivity contribution in [2.75, 3.05) is 6.54 Å². The van der Waals surface area contributed by atoms with Crippen LogP contribution in [0.2, 0.25) is 0 Å². The van der Waals surface area contributed by atoms with Gasteiger partial charge in [0.05, 0.1) is 11.9 Å². The van der Waals surface area contributed by atoms with Gasteiger partial charge in [0.2, 0.25) is 0 Å². The summed E-state index contributed by atoms with van der Waals surface area (Å²) in [6, 6.07) is 0.0841. The Bertz CT molecular complexity index is 668. The van der Waals surface area contributed by atoms with Crippen LogP contribution in [0.15, 0.2) is 12.4 Å². The fourth-order valence-electron chi connectivity index (χ4n) is 2.36. The lowest BCUT2D eigenvalue weighted by Gasteiger charge is -2.15. The lowest BCUT2D eigenvalue weighted by Crippen LogP contribution is -2.41. The molecule has 128 valence electrons. The van der Waals surface area contributed by atoms with Crippen molar-refractivity contribution in [1.82, 2.24) is 20.1 Å². The molecule has 0 bridgehead atoms. The Hall–Kier alpha value is -1.15. The van der Waals surface area contributed by atoms with Gasteiger partial charge in [0.25, 0.3) is 5.91 Å². The number of aryl methyl sites for hydroxylation is 2. The Morgan fingerprint density at radius 2 is 2.22 bits per heavy atom. The lowest BCUT2D eigenvalue weighted by molar-refractivity contribution is 0.0937. The third-order valence-corrected chi connectivity index (χ3v) is 4.92. The number of carbonyl (C=O) groups is 1. The van der Waals surface area contributed by atoms with E-state index in [0.29, 0.717) is 17.3 Å². The first-order valence-corrected chi connectivity index (χ1v) is 7.87. The van der Waals surface area contributed by atoms with Crippen molar-refractivity contribution in [1.29, 1.82) is 0 Å². The first-order valence-electron chi connectivity index (χ1n) is 7.06. The maximum atomic E-state index is 12.4. The van der Waals surface area contributed by atoms with Crippen molar-refractivity contribution < 1.29 is 4.79 Å². The molecule has 0 radical (unpaired) electrons. The average Bonchev–Trinajstić information content (AvgIpc) is 3.09. The molecular weight excluding hydrogens is 357 g/mol. The zero-order chi connectivity index (χ0) is 15.0. The Morgan fingerprint density at radius 1 is 1.52 bits per heavy atom. The lowest BCUT2D eigenvalue weighted by atomic mass is 10.2. The van der Waals surface area contributed by atoms with Gasteiger partial charge in [0.1, 0.15) is 9.88 Å². The molecule has 0 spiro atoms. The van der Waals surface area contributed by atoms with Crippen molar-refractivity contribution >= 4 is 42.1 Å². The summed E-state index contributed by atoms with van der Waals surface area (Å²) < 4.78 is 1.73. The van der Waals surface area contributed by atoms with E-state index in [-0.39, 0.29) is 36.8 Å². The number of amides is 1. The summed E-state index contributed by atoms with van der Waals surface area (Å²) in [4.78, 5) is 17.5. The van der Waals surface area contributed by atoms with Crippen LogP contribution in [0, 0.1) is 12.8 Å². The third-order valence-electron chi connectivity index (χ3n) is 3.72. The van der Waals surface area contributed by atoms with E-state index in [9.17, 15) is 4.79 Å². The van der Waals surface area contributed by atoms with Crippen LogP contribution in [0.4, 0.5) is 0 Å². The zero-order valence-corrected chi connectivity index (χ0v) is 15.4. The molecule has 0 aromatic carbocycles. The van der Waals surface area contributed by atoms with Crippen LogP contribution >= 0.6 is 36.2 Å². The van der Waals surface area contributed by atoms with E-state index in [1.165, 1.54) is 11.3 Å². The molecule has 1 saturated carbocycles. The van der Waals surface area contributed by atoms with Crippen molar-refractivity contribution in [3.63, 3.8) is 0 Å². The van der Waals surface area contributed by atoms with Gasteiger partial charge in [0.15, 0.2) is 0 Å². The number of nitrogens with two attached hydrogens (primary N) is 1. The minimum Gasteiger partial charge on any atom is -0.347 e. The zero-order valence-electron chi connectivity index (χ0n) is 13.0. The average molecular weight is 378 g/mol. The molecule has 1 fully saturated rings. The van der Waals surface area contributed by atoms with Crippen LogP contribution < -0.4 is 11.1 Å². The molecule has 1 aliphatic rings. The topological polar surface area (TPSA) is 85.8 Å². The highest BCUT2D eigenvalue weighted by atomic mass is 35.5. The number of thiazole rings is 1. The van der Waals surface area contributed by atoms with Gasteiger partial charge in [-0.1, -0.05) is 0 Å². The Labute approximate surface area is 151 Å². The van der Waals surface area contributed by atoms with E-state index in [1.54, 1.807) is 10.9 Å². The SMILES string of the molecule is Cc1nc(-c2cnn(C)c2)sc1C(=O)NC(CN)C1CC1.Cl.Cl. The van der Waals surface area contributed by atoms with Gasteiger partial charge in [-0.3, -0.25) is 9.48 Å². The molecular formula is C14H21Cl2N5OS. The number of rotatable bonds is 5. The monoisotopic (exact) mass is 377 g/mol. The van der Waals surface area contributed by atoms with Crippen LogP contribution in [0.5, 0.6) is 0 Å². The second-order valence-electron chi connectivity index (χ2n) is 5.49. The molecule has 1 atom stereocenters. The van der Waals surface area contributed by atoms with Crippen LogP contribution in [0.25, 0.3) is 10.6 Å². The third kappa shape index (κ3) is 4.44. The number of nitrogens with one attached hydrogen (secondary N) is 1. The molecule has 3 N–H and O–H groups in total. The fraction of sp³-hybridized carbons (Fsp3) is 0.500. The van der Waals surface area contributed by atoms with Crippen LogP contribution in [0.3, 0.4) is 0 Å². The van der Waals surface area contributed by atoms with Gasteiger partial charge in [-0.2, -0.15) is 5.10 Å². The molecule has 2 heterocycles. The summed E-state index contributed by atoms with van der Waals surface area (Å²) in [6.45, 7) is 2.35. The Balaban J connectivity index is 0.00000132. The molecule has 1 aliphatic carbocycles. The van der Waals surface area contributed by atoms with E-state index < -0.39 is 0 Å². The van der Waals surface area contributed by atoms with E-state index in [4.69, 9.17) is 5.73 Å². The van der Waals surface area contributed by atoms with E-state index in [1.807, 2.05) is 20.2 Å². The van der Waals surface area contributed by atoms with Crippen LogP contribution in [-0.2, 0) is 7.05 Å². The maximum Gasteiger partial charge on any atom is 0.263 e. The number of aromatic nitrogens is 3. The first kappa shape index (κ1) is 19.9. The highest BCUT2D eigenvalue weighted by Gasteiger charge is 2.32. The Morgan fingerprint density at radius 3 is 2.74 bits per heavy atom. The molecule has 0 saturated heterocycles. The molecule has 0 aliphatic heterocycles. The van der Waals surface area contributed by atoms with Gasteiger partial charge in [-0.15, -0.1) is 36.2 Å². The maximum absolute atomic E-state index is 12.4. The van der Waals surface area contributed by atoms with Crippen molar-refractivity contribution in [3.05, 3.63) is 23.0 Å². The van der Waals surface area contributed by atoms with Gasteiger partial charge in [0, 0.05) is 31.4 Å². The summed E-state index contributed by atoms with van der Waals surface area (Å²) in [5.74, 6) is 0.479. The van der Waals surface area contributed by atoms with Crippen LogP contribution in [-0.4, -0.2) is 33.3 Å². The van der Waals surface area contributed by atoms with Gasteiger partial charge < -0.3 is 11.1 Å². The molecule has 6 nitrogen and oxygen atoms in total. The second kappa shape index (κ2) is 8.10. The van der Waals surface area contributed by atoms with E-state index in [2.05, 4.69) is 15.4 Å². The van der Waals surface area contributed by atoms with Crippen molar-refractivity contribution in [3.8, 4) is 10.6 Å². The van der Waals surface area contributed by atoms with Gasteiger partial charge in [-0.25, -0.2) is 4.98 Å². The molecule has 1 unspecified atom stereocenters. The number of nitrogens with zero attached hydrogens (tertiary/aromatic N) is 3. The molecule has 1 amide bonds. The second-order valence-corrected chi connectivity index (χ2v) is 6.49.